The fourth-order valence-electron chi connectivity index (χ4n) is 3.73. The van der Waals surface area contributed by atoms with Crippen molar-refractivity contribution in [3.8, 4) is 5.75 Å². The molecule has 1 aliphatic rings. The van der Waals surface area contributed by atoms with Gasteiger partial charge in [0.1, 0.15) is 12.3 Å². The molecule has 154 valence electrons. The van der Waals surface area contributed by atoms with Gasteiger partial charge in [0.15, 0.2) is 6.10 Å². The lowest BCUT2D eigenvalue weighted by Gasteiger charge is -2.33. The highest BCUT2D eigenvalue weighted by Gasteiger charge is 2.32. The number of para-hydroxylation sites is 2. The molecule has 1 heterocycles. The van der Waals surface area contributed by atoms with E-state index in [1.165, 1.54) is 4.90 Å². The molecule has 2 aromatic carbocycles. The van der Waals surface area contributed by atoms with Gasteiger partial charge in [-0.25, -0.2) is 0 Å². The number of hydrogen-bond acceptors (Lipinski definition) is 4. The van der Waals surface area contributed by atoms with Crippen LogP contribution >= 0.6 is 0 Å². The molecule has 29 heavy (non-hydrogen) atoms. The molecule has 0 bridgehead atoms. The van der Waals surface area contributed by atoms with Crippen LogP contribution in [0.1, 0.15) is 32.4 Å². The monoisotopic (exact) mass is 395 g/mol. The van der Waals surface area contributed by atoms with Gasteiger partial charge in [-0.1, -0.05) is 56.3 Å². The molecule has 6 heteroatoms. The quantitative estimate of drug-likeness (QED) is 0.746. The molecule has 3 rings (SSSR count). The molecule has 2 amide bonds. The number of likely N-dealkylation sites (N-methyl/N-ethyl adjacent to an activating group) is 1. The SMILES string of the molecule is CCN(CC)C(CNC(=O)CN1C(=O)C(C)Oc2ccccc21)c1ccccc1. The van der Waals surface area contributed by atoms with Gasteiger partial charge in [0, 0.05) is 6.54 Å². The molecule has 0 aliphatic carbocycles. The van der Waals surface area contributed by atoms with E-state index < -0.39 is 6.10 Å². The predicted molar refractivity (Wildman–Crippen MR) is 114 cm³/mol. The summed E-state index contributed by atoms with van der Waals surface area (Å²) >= 11 is 0. The zero-order valence-electron chi connectivity index (χ0n) is 17.3. The second-order valence-corrected chi connectivity index (χ2v) is 7.10. The third-order valence-electron chi connectivity index (χ3n) is 5.31. The third-order valence-corrected chi connectivity index (χ3v) is 5.31. The number of amides is 2. The standard InChI is InChI=1S/C23H29N3O3/c1-4-25(5-2)20(18-11-7-6-8-12-18)15-24-22(27)16-26-19-13-9-10-14-21(19)29-17(3)23(26)28/h6-14,17,20H,4-5,15-16H2,1-3H3,(H,24,27). The van der Waals surface area contributed by atoms with E-state index in [4.69, 9.17) is 4.74 Å². The minimum Gasteiger partial charge on any atom is -0.479 e. The van der Waals surface area contributed by atoms with Gasteiger partial charge in [0.25, 0.3) is 5.91 Å². The second-order valence-electron chi connectivity index (χ2n) is 7.10. The topological polar surface area (TPSA) is 61.9 Å². The van der Waals surface area contributed by atoms with E-state index in [0.29, 0.717) is 18.0 Å². The van der Waals surface area contributed by atoms with Gasteiger partial charge in [-0.2, -0.15) is 0 Å². The number of fused-ring (bicyclic) bond motifs is 1. The average Bonchev–Trinajstić information content (AvgIpc) is 2.75. The highest BCUT2D eigenvalue weighted by Crippen LogP contribution is 2.33. The first-order valence-corrected chi connectivity index (χ1v) is 10.2. The number of rotatable bonds is 8. The van der Waals surface area contributed by atoms with E-state index in [1.807, 2.05) is 36.4 Å². The van der Waals surface area contributed by atoms with E-state index in [0.717, 1.165) is 18.7 Å². The highest BCUT2D eigenvalue weighted by molar-refractivity contribution is 6.03. The van der Waals surface area contributed by atoms with Crippen LogP contribution in [0.3, 0.4) is 0 Å². The summed E-state index contributed by atoms with van der Waals surface area (Å²) in [5.41, 5.74) is 1.80. The summed E-state index contributed by atoms with van der Waals surface area (Å²) < 4.78 is 5.64. The first kappa shape index (κ1) is 20.9. The maximum atomic E-state index is 12.7. The zero-order chi connectivity index (χ0) is 20.8. The molecule has 2 atom stereocenters. The summed E-state index contributed by atoms with van der Waals surface area (Å²) in [5, 5.41) is 3.03. The molecule has 0 saturated carbocycles. The number of hydrogen-bond donors (Lipinski definition) is 1. The Labute approximate surface area is 172 Å². The number of carbonyl (C=O) groups is 2. The molecular weight excluding hydrogens is 366 g/mol. The van der Waals surface area contributed by atoms with E-state index in [9.17, 15) is 9.59 Å². The van der Waals surface area contributed by atoms with Crippen LogP contribution < -0.4 is 15.0 Å². The summed E-state index contributed by atoms with van der Waals surface area (Å²) in [6.07, 6.45) is -0.606. The lowest BCUT2D eigenvalue weighted by molar-refractivity contribution is -0.128. The number of benzene rings is 2. The van der Waals surface area contributed by atoms with E-state index in [-0.39, 0.29) is 24.4 Å². The molecule has 0 aromatic heterocycles. The summed E-state index contributed by atoms with van der Waals surface area (Å²) in [6, 6.07) is 17.6. The summed E-state index contributed by atoms with van der Waals surface area (Å²) in [5.74, 6) is 0.232. The third kappa shape index (κ3) is 4.77. The molecule has 0 saturated heterocycles. The Morgan fingerprint density at radius 2 is 1.76 bits per heavy atom. The van der Waals surface area contributed by atoms with Gasteiger partial charge >= 0.3 is 0 Å². The van der Waals surface area contributed by atoms with Crippen molar-refractivity contribution in [3.63, 3.8) is 0 Å². The van der Waals surface area contributed by atoms with Crippen LogP contribution in [0.2, 0.25) is 0 Å². The van der Waals surface area contributed by atoms with E-state index >= 15 is 0 Å². The van der Waals surface area contributed by atoms with Gasteiger partial charge in [0.2, 0.25) is 5.91 Å². The van der Waals surface area contributed by atoms with Crippen molar-refractivity contribution in [3.05, 3.63) is 60.2 Å². The number of ether oxygens (including phenoxy) is 1. The smallest absolute Gasteiger partial charge is 0.268 e. The molecule has 2 unspecified atom stereocenters. The maximum Gasteiger partial charge on any atom is 0.268 e. The Hall–Kier alpha value is -2.86. The minimum absolute atomic E-state index is 0.0245. The van der Waals surface area contributed by atoms with Gasteiger partial charge in [-0.05, 0) is 37.7 Å². The van der Waals surface area contributed by atoms with Crippen LogP contribution in [-0.2, 0) is 9.59 Å². The fourth-order valence-corrected chi connectivity index (χ4v) is 3.73. The van der Waals surface area contributed by atoms with Gasteiger partial charge in [0.05, 0.1) is 11.7 Å². The van der Waals surface area contributed by atoms with Gasteiger partial charge in [-0.3, -0.25) is 19.4 Å². The molecular formula is C23H29N3O3. The lowest BCUT2D eigenvalue weighted by atomic mass is 10.1. The molecule has 1 aliphatic heterocycles. The van der Waals surface area contributed by atoms with Crippen LogP contribution in [-0.4, -0.2) is 49.0 Å². The Morgan fingerprint density at radius 1 is 1.10 bits per heavy atom. The van der Waals surface area contributed by atoms with Crippen molar-refractivity contribution >= 4 is 17.5 Å². The average molecular weight is 396 g/mol. The van der Waals surface area contributed by atoms with Crippen LogP contribution in [0.15, 0.2) is 54.6 Å². The number of carbonyl (C=O) groups excluding carboxylic acids is 2. The van der Waals surface area contributed by atoms with Crippen LogP contribution in [0.5, 0.6) is 5.75 Å². The van der Waals surface area contributed by atoms with E-state index in [1.54, 1.807) is 13.0 Å². The lowest BCUT2D eigenvalue weighted by Crippen LogP contribution is -2.49. The Bertz CT molecular complexity index is 836. The number of anilines is 1. The molecule has 2 aromatic rings. The Balaban J connectivity index is 1.70. The number of nitrogens with one attached hydrogen (secondary N) is 1. The Kier molecular flexibility index (Phi) is 6.88. The van der Waals surface area contributed by atoms with Crippen LogP contribution in [0.25, 0.3) is 0 Å². The summed E-state index contributed by atoms with van der Waals surface area (Å²) in [7, 11) is 0. The minimum atomic E-state index is -0.606. The summed E-state index contributed by atoms with van der Waals surface area (Å²) in [6.45, 7) is 8.17. The highest BCUT2D eigenvalue weighted by atomic mass is 16.5. The number of nitrogens with zero attached hydrogens (tertiary/aromatic N) is 2. The molecule has 0 radical (unpaired) electrons. The van der Waals surface area contributed by atoms with Crippen molar-refractivity contribution in [1.82, 2.24) is 10.2 Å². The van der Waals surface area contributed by atoms with Crippen molar-refractivity contribution in [1.29, 1.82) is 0 Å². The zero-order valence-corrected chi connectivity index (χ0v) is 17.3. The van der Waals surface area contributed by atoms with Crippen molar-refractivity contribution in [2.75, 3.05) is 31.1 Å². The maximum absolute atomic E-state index is 12.7. The fraction of sp³-hybridized carbons (Fsp3) is 0.391. The molecule has 0 fully saturated rings. The molecule has 6 nitrogen and oxygen atoms in total. The Morgan fingerprint density at radius 3 is 2.45 bits per heavy atom. The predicted octanol–water partition coefficient (Wildman–Crippen LogP) is 3.00. The van der Waals surface area contributed by atoms with Gasteiger partial charge < -0.3 is 10.1 Å². The first-order chi connectivity index (χ1) is 14.0. The summed E-state index contributed by atoms with van der Waals surface area (Å²) in [4.78, 5) is 29.2. The van der Waals surface area contributed by atoms with Crippen molar-refractivity contribution < 1.29 is 14.3 Å². The van der Waals surface area contributed by atoms with Crippen molar-refractivity contribution in [2.45, 2.75) is 32.9 Å². The van der Waals surface area contributed by atoms with Gasteiger partial charge in [-0.15, -0.1) is 0 Å². The van der Waals surface area contributed by atoms with Crippen LogP contribution in [0.4, 0.5) is 5.69 Å². The normalized spacial score (nSPS) is 16.9. The molecule has 1 N–H and O–H groups in total. The van der Waals surface area contributed by atoms with Crippen LogP contribution in [0, 0.1) is 0 Å². The van der Waals surface area contributed by atoms with E-state index in [2.05, 4.69) is 36.2 Å². The molecule has 0 spiro atoms. The first-order valence-electron chi connectivity index (χ1n) is 10.2. The van der Waals surface area contributed by atoms with Crippen molar-refractivity contribution in [2.24, 2.45) is 0 Å². The largest absolute Gasteiger partial charge is 0.479 e. The second kappa shape index (κ2) is 9.56.